The van der Waals surface area contributed by atoms with Crippen molar-refractivity contribution in [2.45, 2.75) is 88.0 Å². The van der Waals surface area contributed by atoms with Crippen LogP contribution < -0.4 is 26.6 Å². The number of aromatic nitrogens is 6. The summed E-state index contributed by atoms with van der Waals surface area (Å²) in [6.45, 7) is 4.70. The van der Waals surface area contributed by atoms with Gasteiger partial charge in [0.2, 0.25) is 0 Å². The lowest BCUT2D eigenvalue weighted by Gasteiger charge is -2.29. The van der Waals surface area contributed by atoms with E-state index in [9.17, 15) is 14.4 Å². The van der Waals surface area contributed by atoms with Crippen LogP contribution in [0.2, 0.25) is 0 Å². The third-order valence-corrected chi connectivity index (χ3v) is 12.2. The van der Waals surface area contributed by atoms with Crippen LogP contribution in [0, 0.1) is 11.6 Å². The highest BCUT2D eigenvalue weighted by Gasteiger charge is 2.31. The fraction of sp³-hybridized carbons (Fsp3) is 0.286. The average molecular weight is 898 g/mol. The lowest BCUT2D eigenvalue weighted by Crippen LogP contribution is -2.44. The first kappa shape index (κ1) is 45.0. The Morgan fingerprint density at radius 3 is 2.32 bits per heavy atom. The first-order chi connectivity index (χ1) is 31.5. The summed E-state index contributed by atoms with van der Waals surface area (Å²) in [6.07, 6.45) is 12.0. The molecule has 1 aliphatic carbocycles. The van der Waals surface area contributed by atoms with Gasteiger partial charge in [-0.3, -0.25) is 29.4 Å². The minimum absolute atomic E-state index is 0.00124. The fourth-order valence-electron chi connectivity index (χ4n) is 7.83. The van der Waals surface area contributed by atoms with Crippen molar-refractivity contribution in [3.63, 3.8) is 0 Å². The normalized spacial score (nSPS) is 14.1. The molecule has 7 aromatic rings. The maximum absolute atomic E-state index is 16.4. The summed E-state index contributed by atoms with van der Waals surface area (Å²) in [4.78, 5) is 59.2. The number of aryl methyl sites for hydroxylation is 1. The van der Waals surface area contributed by atoms with Crippen LogP contribution in [0.3, 0.4) is 0 Å². The number of carbonyl (C=O) groups is 1. The molecule has 13 nitrogen and oxygen atoms in total. The van der Waals surface area contributed by atoms with E-state index in [0.717, 1.165) is 76.8 Å². The number of pyridine rings is 2. The van der Waals surface area contributed by atoms with Crippen molar-refractivity contribution in [2.75, 3.05) is 4.72 Å². The van der Waals surface area contributed by atoms with Crippen LogP contribution in [0.25, 0.3) is 27.7 Å². The molecule has 8 rings (SSSR count). The highest BCUT2D eigenvalue weighted by atomic mass is 32.2. The molecule has 0 radical (unpaired) electrons. The Bertz CT molecular complexity index is 2870. The van der Waals surface area contributed by atoms with E-state index >= 15 is 8.78 Å². The Morgan fingerprint density at radius 1 is 0.862 bits per heavy atom. The number of hydrogen-bond acceptors (Lipinski definition) is 12. The number of ether oxygens (including phenoxy) is 1. The van der Waals surface area contributed by atoms with Crippen LogP contribution in [0.4, 0.5) is 14.5 Å². The summed E-state index contributed by atoms with van der Waals surface area (Å²) >= 11 is 1.14. The number of rotatable bonds is 16. The molecule has 16 heteroatoms. The van der Waals surface area contributed by atoms with Crippen LogP contribution in [0.15, 0.2) is 130 Å². The monoisotopic (exact) mass is 897 g/mol. The Labute approximate surface area is 378 Å². The van der Waals surface area contributed by atoms with Gasteiger partial charge in [-0.15, -0.1) is 0 Å². The number of halogens is 2. The second kappa shape index (κ2) is 20.5. The molecule has 0 amide bonds. The van der Waals surface area contributed by atoms with Gasteiger partial charge in [-0.2, -0.15) is 0 Å². The number of nitrogens with zero attached hydrogens (tertiary/aromatic N) is 6. The Morgan fingerprint density at radius 2 is 1.62 bits per heavy atom. The Balaban J connectivity index is 1.03. The Hall–Kier alpha value is -6.62. The third kappa shape index (κ3) is 10.7. The lowest BCUT2D eigenvalue weighted by molar-refractivity contribution is -0.153. The number of hydrogen-bond donors (Lipinski definition) is 3. The summed E-state index contributed by atoms with van der Waals surface area (Å²) in [5.41, 5.74) is 2.27. The minimum Gasteiger partial charge on any atom is -0.461 e. The maximum Gasteiger partial charge on any atom is 0.335 e. The first-order valence-electron chi connectivity index (χ1n) is 21.6. The molecule has 4 heterocycles. The molecular weight excluding hydrogens is 849 g/mol. The fourth-order valence-corrected chi connectivity index (χ4v) is 8.49. The van der Waals surface area contributed by atoms with E-state index in [1.54, 1.807) is 61.9 Å². The van der Waals surface area contributed by atoms with Crippen molar-refractivity contribution < 1.29 is 18.3 Å². The molecule has 0 saturated heterocycles. The molecule has 0 aliphatic heterocycles. The van der Waals surface area contributed by atoms with E-state index < -0.39 is 40.9 Å². The largest absolute Gasteiger partial charge is 0.461 e. The summed E-state index contributed by atoms with van der Waals surface area (Å²) in [5, 5.41) is 6.93. The van der Waals surface area contributed by atoms with Crippen molar-refractivity contribution in [3.8, 4) is 16.8 Å². The Kier molecular flexibility index (Phi) is 14.2. The first-order valence-corrected chi connectivity index (χ1v) is 22.4. The van der Waals surface area contributed by atoms with Gasteiger partial charge in [-0.1, -0.05) is 62.7 Å². The SMILES string of the molecule is CC(C)NCc1ncc(-c2ccc(SNc3cc(F)c(C(N[C@@H](Cc4ccc(-n5c(=O)c6ccncc6n(C)c5=O)cn4)C(=O)OC4CCCCC4)c4ccccc4)cc3F)cc2)cn1. The van der Waals surface area contributed by atoms with Gasteiger partial charge in [0, 0.05) is 65.9 Å². The summed E-state index contributed by atoms with van der Waals surface area (Å²) in [5.74, 6) is -1.24. The highest BCUT2D eigenvalue weighted by Crippen LogP contribution is 2.33. The lowest BCUT2D eigenvalue weighted by atomic mass is 9.95. The second-order valence-electron chi connectivity index (χ2n) is 16.4. The number of nitrogens with one attached hydrogen (secondary N) is 3. The molecule has 65 heavy (non-hydrogen) atoms. The van der Waals surface area contributed by atoms with Crippen LogP contribution in [0.1, 0.15) is 74.6 Å². The number of anilines is 1. The van der Waals surface area contributed by atoms with E-state index in [4.69, 9.17) is 4.74 Å². The van der Waals surface area contributed by atoms with Gasteiger partial charge in [-0.25, -0.2) is 28.1 Å². The average Bonchev–Trinajstić information content (AvgIpc) is 3.33. The standard InChI is InChI=1S/C49H49F2N9O4S/c1-30(2)53-29-45-55-25-33(26-56-45)31-14-18-37(19-15-31)65-58-42-24-40(50)39(23-41(42)51)46(32-10-6-4-7-11-32)57-43(48(62)64-36-12-8-5-9-13-36)22-34-16-17-35(27-54-34)60-47(61)38-20-21-52-28-44(38)59(3)49(60)63/h4,6-7,10-11,14-21,23-28,30,36,43,46,53,57-58H,5,8-9,12-13,22,29H2,1-3H3/t43-,46?/m0/s1. The smallest absolute Gasteiger partial charge is 0.335 e. The molecule has 2 atom stereocenters. The van der Waals surface area contributed by atoms with E-state index in [1.807, 2.05) is 30.3 Å². The maximum atomic E-state index is 16.4. The predicted octanol–water partition coefficient (Wildman–Crippen LogP) is 8.00. The van der Waals surface area contributed by atoms with Crippen LogP contribution >= 0.6 is 11.9 Å². The number of fused-ring (bicyclic) bond motifs is 1. The van der Waals surface area contributed by atoms with E-state index in [0.29, 0.717) is 40.6 Å². The van der Waals surface area contributed by atoms with Crippen LogP contribution in [-0.2, 0) is 29.5 Å². The van der Waals surface area contributed by atoms with Crippen molar-refractivity contribution >= 4 is 34.5 Å². The molecule has 4 aromatic heterocycles. The zero-order valence-electron chi connectivity index (χ0n) is 36.2. The summed E-state index contributed by atoms with van der Waals surface area (Å²) in [6, 6.07) is 21.8. The molecule has 1 aliphatic rings. The number of carbonyl (C=O) groups excluding carboxylic acids is 1. The van der Waals surface area contributed by atoms with E-state index in [-0.39, 0.29) is 29.5 Å². The number of benzene rings is 3. The second-order valence-corrected chi connectivity index (χ2v) is 17.2. The van der Waals surface area contributed by atoms with Gasteiger partial charge in [-0.05, 0) is 85.2 Å². The van der Waals surface area contributed by atoms with Gasteiger partial charge >= 0.3 is 11.7 Å². The summed E-state index contributed by atoms with van der Waals surface area (Å²) in [7, 11) is 1.56. The predicted molar refractivity (Wildman–Crippen MR) is 248 cm³/mol. The van der Waals surface area contributed by atoms with Gasteiger partial charge in [0.25, 0.3) is 5.56 Å². The van der Waals surface area contributed by atoms with Crippen molar-refractivity contribution in [3.05, 3.63) is 171 Å². The highest BCUT2D eigenvalue weighted by molar-refractivity contribution is 8.00. The number of esters is 1. The van der Waals surface area contributed by atoms with Gasteiger partial charge in [0.15, 0.2) is 0 Å². The quantitative estimate of drug-likeness (QED) is 0.0636. The molecule has 1 saturated carbocycles. The van der Waals surface area contributed by atoms with Gasteiger partial charge < -0.3 is 14.8 Å². The minimum atomic E-state index is -1.06. The molecule has 1 fully saturated rings. The topological polar surface area (TPSA) is 158 Å². The zero-order chi connectivity index (χ0) is 45.5. The van der Waals surface area contributed by atoms with Crippen molar-refractivity contribution in [1.29, 1.82) is 0 Å². The van der Waals surface area contributed by atoms with Gasteiger partial charge in [0.1, 0.15) is 29.6 Å². The van der Waals surface area contributed by atoms with Gasteiger partial charge in [0.05, 0.1) is 47.3 Å². The molecule has 334 valence electrons. The zero-order valence-corrected chi connectivity index (χ0v) is 37.0. The molecule has 1 unspecified atom stereocenters. The third-order valence-electron chi connectivity index (χ3n) is 11.4. The van der Waals surface area contributed by atoms with E-state index in [1.165, 1.54) is 23.2 Å². The molecule has 0 bridgehead atoms. The van der Waals surface area contributed by atoms with Crippen LogP contribution in [0.5, 0.6) is 0 Å². The van der Waals surface area contributed by atoms with Crippen molar-refractivity contribution in [1.82, 2.24) is 39.7 Å². The van der Waals surface area contributed by atoms with E-state index in [2.05, 4.69) is 49.1 Å². The van der Waals surface area contributed by atoms with Crippen molar-refractivity contribution in [2.24, 2.45) is 7.05 Å². The molecule has 3 N–H and O–H groups in total. The molecule has 3 aromatic carbocycles. The molecular formula is C49H49F2N9O4S. The van der Waals surface area contributed by atoms with Crippen LogP contribution in [-0.4, -0.2) is 53.2 Å². The summed E-state index contributed by atoms with van der Waals surface area (Å²) < 4.78 is 43.9. The molecule has 0 spiro atoms.